The molecular formula is C8H19NO2. The van der Waals surface area contributed by atoms with Crippen LogP contribution in [0.5, 0.6) is 0 Å². The summed E-state index contributed by atoms with van der Waals surface area (Å²) < 4.78 is 0. The smallest absolute Gasteiger partial charge is 0.227 e. The number of amides is 1. The van der Waals surface area contributed by atoms with Gasteiger partial charge in [0.15, 0.2) is 0 Å². The standard InChI is InChI=1S/C6H13NO2.C2H6/c1-6(2,4-8)5(9)7-3;1-2/h8H,4H2,1-3H3,(H,7,9);1-2H3. The second-order valence-electron chi connectivity index (χ2n) is 2.62. The van der Waals surface area contributed by atoms with Crippen molar-refractivity contribution in [2.45, 2.75) is 27.7 Å². The van der Waals surface area contributed by atoms with Gasteiger partial charge >= 0.3 is 0 Å². The van der Waals surface area contributed by atoms with Crippen LogP contribution in [0.4, 0.5) is 0 Å². The molecule has 3 nitrogen and oxygen atoms in total. The van der Waals surface area contributed by atoms with Crippen molar-refractivity contribution in [1.82, 2.24) is 5.32 Å². The summed E-state index contributed by atoms with van der Waals surface area (Å²) in [6.45, 7) is 7.25. The van der Waals surface area contributed by atoms with Crippen molar-refractivity contribution in [2.75, 3.05) is 13.7 Å². The molecule has 0 atom stereocenters. The van der Waals surface area contributed by atoms with E-state index in [-0.39, 0.29) is 12.5 Å². The molecule has 0 aliphatic carbocycles. The van der Waals surface area contributed by atoms with Crippen LogP contribution in [0.25, 0.3) is 0 Å². The lowest BCUT2D eigenvalue weighted by Gasteiger charge is -2.18. The molecule has 0 saturated carbocycles. The van der Waals surface area contributed by atoms with Crippen LogP contribution in [0.3, 0.4) is 0 Å². The summed E-state index contributed by atoms with van der Waals surface area (Å²) in [5, 5.41) is 11.1. The van der Waals surface area contributed by atoms with Crippen molar-refractivity contribution in [1.29, 1.82) is 0 Å². The van der Waals surface area contributed by atoms with E-state index in [0.717, 1.165) is 0 Å². The minimum Gasteiger partial charge on any atom is -0.395 e. The van der Waals surface area contributed by atoms with E-state index in [9.17, 15) is 4.79 Å². The first kappa shape index (κ1) is 13.1. The molecule has 68 valence electrons. The Morgan fingerprint density at radius 3 is 1.91 bits per heavy atom. The van der Waals surface area contributed by atoms with E-state index >= 15 is 0 Å². The molecule has 2 N–H and O–H groups in total. The fourth-order valence-electron chi connectivity index (χ4n) is 0.410. The third-order valence-electron chi connectivity index (χ3n) is 1.24. The molecule has 0 rings (SSSR count). The Labute approximate surface area is 68.8 Å². The Bertz CT molecular complexity index is 111. The molecule has 3 heteroatoms. The first-order valence-electron chi connectivity index (χ1n) is 3.87. The molecule has 0 bridgehead atoms. The van der Waals surface area contributed by atoms with Gasteiger partial charge in [-0.15, -0.1) is 0 Å². The molecule has 0 aromatic heterocycles. The number of nitrogens with one attached hydrogen (secondary N) is 1. The summed E-state index contributed by atoms with van der Waals surface area (Å²) in [4.78, 5) is 10.8. The number of carbonyl (C=O) groups is 1. The predicted molar refractivity (Wildman–Crippen MR) is 46.3 cm³/mol. The Kier molecular flexibility index (Phi) is 7.31. The van der Waals surface area contributed by atoms with Gasteiger partial charge in [0.05, 0.1) is 12.0 Å². The third kappa shape index (κ3) is 4.79. The lowest BCUT2D eigenvalue weighted by molar-refractivity contribution is -0.130. The zero-order valence-electron chi connectivity index (χ0n) is 8.06. The summed E-state index contributed by atoms with van der Waals surface area (Å²) in [6, 6.07) is 0. The molecule has 0 radical (unpaired) electrons. The number of carbonyl (C=O) groups excluding carboxylic acids is 1. The molecule has 1 amide bonds. The fourth-order valence-corrected chi connectivity index (χ4v) is 0.410. The van der Waals surface area contributed by atoms with Crippen LogP contribution in [0.2, 0.25) is 0 Å². The Hall–Kier alpha value is -0.570. The molecule has 11 heavy (non-hydrogen) atoms. The van der Waals surface area contributed by atoms with Crippen molar-refractivity contribution >= 4 is 5.91 Å². The summed E-state index contributed by atoms with van der Waals surface area (Å²) in [5.74, 6) is -0.134. The zero-order chi connectivity index (χ0) is 9.49. The first-order chi connectivity index (χ1) is 5.04. The van der Waals surface area contributed by atoms with Gasteiger partial charge in [-0.2, -0.15) is 0 Å². The number of hydrogen-bond donors (Lipinski definition) is 2. The van der Waals surface area contributed by atoms with E-state index in [4.69, 9.17) is 5.11 Å². The topological polar surface area (TPSA) is 49.3 Å². The zero-order valence-corrected chi connectivity index (χ0v) is 8.06. The number of aliphatic hydroxyl groups is 1. The lowest BCUT2D eigenvalue weighted by atomic mass is 9.94. The molecule has 0 fully saturated rings. The normalized spacial score (nSPS) is 9.64. The van der Waals surface area contributed by atoms with E-state index in [1.807, 2.05) is 13.8 Å². The maximum absolute atomic E-state index is 10.8. The predicted octanol–water partition coefficient (Wildman–Crippen LogP) is 0.777. The van der Waals surface area contributed by atoms with Gasteiger partial charge in [-0.3, -0.25) is 4.79 Å². The highest BCUT2D eigenvalue weighted by Gasteiger charge is 2.24. The van der Waals surface area contributed by atoms with E-state index in [1.165, 1.54) is 0 Å². The summed E-state index contributed by atoms with van der Waals surface area (Å²) in [5.41, 5.74) is -0.644. The Balaban J connectivity index is 0. The van der Waals surface area contributed by atoms with Crippen LogP contribution in [-0.2, 0) is 4.79 Å². The average Bonchev–Trinajstić information content (AvgIpc) is 2.06. The molecule has 0 unspecified atom stereocenters. The first-order valence-corrected chi connectivity index (χ1v) is 3.87. The second-order valence-corrected chi connectivity index (χ2v) is 2.62. The Morgan fingerprint density at radius 1 is 1.45 bits per heavy atom. The maximum atomic E-state index is 10.8. The van der Waals surface area contributed by atoms with Crippen molar-refractivity contribution in [3.05, 3.63) is 0 Å². The molecular weight excluding hydrogens is 142 g/mol. The Morgan fingerprint density at radius 2 is 1.82 bits per heavy atom. The summed E-state index contributed by atoms with van der Waals surface area (Å²) in [6.07, 6.45) is 0. The molecule has 0 aliphatic heterocycles. The maximum Gasteiger partial charge on any atom is 0.227 e. The van der Waals surface area contributed by atoms with Gasteiger partial charge in [-0.05, 0) is 13.8 Å². The molecule has 0 spiro atoms. The van der Waals surface area contributed by atoms with Gasteiger partial charge in [-0.1, -0.05) is 13.8 Å². The van der Waals surface area contributed by atoms with Crippen molar-refractivity contribution < 1.29 is 9.90 Å². The number of rotatable bonds is 2. The third-order valence-corrected chi connectivity index (χ3v) is 1.24. The molecule has 0 heterocycles. The molecule has 0 aliphatic rings. The van der Waals surface area contributed by atoms with Crippen LogP contribution in [0, 0.1) is 5.41 Å². The molecule has 0 aromatic rings. The van der Waals surface area contributed by atoms with Crippen LogP contribution < -0.4 is 5.32 Å². The van der Waals surface area contributed by atoms with Gasteiger partial charge in [-0.25, -0.2) is 0 Å². The molecule has 0 saturated heterocycles. The summed E-state index contributed by atoms with van der Waals surface area (Å²) >= 11 is 0. The monoisotopic (exact) mass is 161 g/mol. The van der Waals surface area contributed by atoms with Crippen LogP contribution in [0.15, 0.2) is 0 Å². The van der Waals surface area contributed by atoms with E-state index in [1.54, 1.807) is 20.9 Å². The quantitative estimate of drug-likeness (QED) is 0.628. The van der Waals surface area contributed by atoms with Crippen LogP contribution in [-0.4, -0.2) is 24.7 Å². The van der Waals surface area contributed by atoms with E-state index < -0.39 is 5.41 Å². The largest absolute Gasteiger partial charge is 0.395 e. The SMILES string of the molecule is CC.CNC(=O)C(C)(C)CO. The minimum atomic E-state index is -0.644. The average molecular weight is 161 g/mol. The highest BCUT2D eigenvalue weighted by Crippen LogP contribution is 2.12. The van der Waals surface area contributed by atoms with Gasteiger partial charge in [0, 0.05) is 7.05 Å². The second kappa shape index (κ2) is 6.16. The van der Waals surface area contributed by atoms with Crippen LogP contribution in [0.1, 0.15) is 27.7 Å². The minimum absolute atomic E-state index is 0.118. The highest BCUT2D eigenvalue weighted by molar-refractivity contribution is 5.81. The fraction of sp³-hybridized carbons (Fsp3) is 0.875. The van der Waals surface area contributed by atoms with Gasteiger partial charge in [0.2, 0.25) is 5.91 Å². The summed E-state index contributed by atoms with van der Waals surface area (Å²) in [7, 11) is 1.56. The van der Waals surface area contributed by atoms with Gasteiger partial charge < -0.3 is 10.4 Å². The highest BCUT2D eigenvalue weighted by atomic mass is 16.3. The van der Waals surface area contributed by atoms with Crippen molar-refractivity contribution in [3.63, 3.8) is 0 Å². The van der Waals surface area contributed by atoms with Crippen LogP contribution >= 0.6 is 0 Å². The van der Waals surface area contributed by atoms with Gasteiger partial charge in [0.1, 0.15) is 0 Å². The lowest BCUT2D eigenvalue weighted by Crippen LogP contribution is -2.37. The van der Waals surface area contributed by atoms with E-state index in [0.29, 0.717) is 0 Å². The van der Waals surface area contributed by atoms with Crippen molar-refractivity contribution in [2.24, 2.45) is 5.41 Å². The van der Waals surface area contributed by atoms with Crippen molar-refractivity contribution in [3.8, 4) is 0 Å². The number of hydrogen-bond acceptors (Lipinski definition) is 2. The molecule has 0 aromatic carbocycles. The van der Waals surface area contributed by atoms with E-state index in [2.05, 4.69) is 5.32 Å². The number of aliphatic hydroxyl groups excluding tert-OH is 1. The van der Waals surface area contributed by atoms with Gasteiger partial charge in [0.25, 0.3) is 0 Å².